The lowest BCUT2D eigenvalue weighted by molar-refractivity contribution is -0.108. The number of hydrogen-bond acceptors (Lipinski definition) is 1. The van der Waals surface area contributed by atoms with Gasteiger partial charge in [0.15, 0.2) is 0 Å². The van der Waals surface area contributed by atoms with Crippen LogP contribution in [0.5, 0.6) is 0 Å². The predicted molar refractivity (Wildman–Crippen MR) is 39.7 cm³/mol. The van der Waals surface area contributed by atoms with Gasteiger partial charge in [-0.3, -0.25) is 0 Å². The Labute approximate surface area is 61.8 Å². The summed E-state index contributed by atoms with van der Waals surface area (Å²) in [6.45, 7) is 0. The van der Waals surface area contributed by atoms with E-state index in [1.165, 1.54) is 32.1 Å². The lowest BCUT2D eigenvalue weighted by Crippen LogP contribution is -2.14. The van der Waals surface area contributed by atoms with Gasteiger partial charge >= 0.3 is 0 Å². The van der Waals surface area contributed by atoms with Crippen LogP contribution in [0, 0.1) is 11.3 Å². The van der Waals surface area contributed by atoms with Crippen LogP contribution < -0.4 is 0 Å². The van der Waals surface area contributed by atoms with Crippen molar-refractivity contribution >= 4 is 6.29 Å². The Balaban J connectivity index is 1.73. The number of carbonyl (C=O) groups is 1. The first-order chi connectivity index (χ1) is 4.87. The molecule has 56 valence electrons. The van der Waals surface area contributed by atoms with Crippen LogP contribution in [0.15, 0.2) is 0 Å². The zero-order valence-electron chi connectivity index (χ0n) is 6.31. The van der Waals surface area contributed by atoms with Gasteiger partial charge in [-0.1, -0.05) is 6.42 Å². The summed E-state index contributed by atoms with van der Waals surface area (Å²) in [6.07, 6.45) is 8.81. The van der Waals surface area contributed by atoms with Crippen LogP contribution in [0.2, 0.25) is 0 Å². The van der Waals surface area contributed by atoms with E-state index in [-0.39, 0.29) is 0 Å². The van der Waals surface area contributed by atoms with Gasteiger partial charge in [-0.05, 0) is 37.0 Å². The summed E-state index contributed by atoms with van der Waals surface area (Å²) in [5.41, 5.74) is 0.781. The normalized spacial score (nSPS) is 33.4. The highest BCUT2D eigenvalue weighted by molar-refractivity contribution is 5.49. The van der Waals surface area contributed by atoms with Crippen LogP contribution in [-0.4, -0.2) is 6.29 Å². The molecule has 2 fully saturated rings. The summed E-state index contributed by atoms with van der Waals surface area (Å²) in [5, 5.41) is 0. The van der Waals surface area contributed by atoms with Gasteiger partial charge in [0, 0.05) is 6.42 Å². The van der Waals surface area contributed by atoms with E-state index in [0.717, 1.165) is 24.0 Å². The third-order valence-corrected chi connectivity index (χ3v) is 3.34. The molecule has 0 aromatic heterocycles. The van der Waals surface area contributed by atoms with Crippen LogP contribution in [0.25, 0.3) is 0 Å². The summed E-state index contributed by atoms with van der Waals surface area (Å²) in [6, 6.07) is 0. The van der Waals surface area contributed by atoms with Crippen molar-refractivity contribution in [2.24, 2.45) is 11.3 Å². The van der Waals surface area contributed by atoms with Gasteiger partial charge < -0.3 is 4.79 Å². The average molecular weight is 138 g/mol. The van der Waals surface area contributed by atoms with Crippen molar-refractivity contribution in [3.63, 3.8) is 0 Å². The number of carbonyl (C=O) groups excluding carboxylic acids is 1. The van der Waals surface area contributed by atoms with E-state index in [4.69, 9.17) is 0 Å². The van der Waals surface area contributed by atoms with Crippen LogP contribution >= 0.6 is 0 Å². The van der Waals surface area contributed by atoms with Gasteiger partial charge in [0.2, 0.25) is 0 Å². The Morgan fingerprint density at radius 2 is 2.30 bits per heavy atom. The molecule has 0 saturated heterocycles. The Morgan fingerprint density at radius 3 is 2.70 bits per heavy atom. The molecule has 2 aliphatic rings. The second-order valence-electron chi connectivity index (χ2n) is 3.86. The maximum absolute atomic E-state index is 10.1. The van der Waals surface area contributed by atoms with Gasteiger partial charge in [0.25, 0.3) is 0 Å². The number of rotatable bonds is 3. The Kier molecular flexibility index (Phi) is 1.33. The summed E-state index contributed by atoms with van der Waals surface area (Å²) in [4.78, 5) is 10.1. The molecule has 1 nitrogen and oxygen atoms in total. The van der Waals surface area contributed by atoms with Crippen LogP contribution in [-0.2, 0) is 4.79 Å². The molecule has 0 radical (unpaired) electrons. The third kappa shape index (κ3) is 0.799. The first-order valence-electron chi connectivity index (χ1n) is 4.31. The topological polar surface area (TPSA) is 17.1 Å². The van der Waals surface area contributed by atoms with Gasteiger partial charge in [-0.2, -0.15) is 0 Å². The van der Waals surface area contributed by atoms with Crippen LogP contribution in [0.1, 0.15) is 38.5 Å². The predicted octanol–water partition coefficient (Wildman–Crippen LogP) is 2.16. The third-order valence-electron chi connectivity index (χ3n) is 3.34. The molecule has 0 heterocycles. The van der Waals surface area contributed by atoms with Crippen molar-refractivity contribution in [2.75, 3.05) is 0 Å². The lowest BCUT2D eigenvalue weighted by Gasteiger charge is -2.26. The molecule has 0 aliphatic heterocycles. The van der Waals surface area contributed by atoms with Gasteiger partial charge in [0.1, 0.15) is 6.29 Å². The van der Waals surface area contributed by atoms with E-state index in [2.05, 4.69) is 0 Å². The fraction of sp³-hybridized carbons (Fsp3) is 0.889. The van der Waals surface area contributed by atoms with E-state index < -0.39 is 0 Å². The maximum Gasteiger partial charge on any atom is 0.120 e. The second kappa shape index (κ2) is 2.08. The standard InChI is InChI=1S/C9H14O/c10-6-1-3-8-7-9(8)4-2-5-9/h6,8H,1-5,7H2. The van der Waals surface area contributed by atoms with E-state index in [9.17, 15) is 4.79 Å². The molecule has 1 heteroatoms. The molecule has 0 aromatic rings. The highest BCUT2D eigenvalue weighted by Gasteiger charge is 2.56. The SMILES string of the molecule is O=CCCC1CC12CCC2. The summed E-state index contributed by atoms with van der Waals surface area (Å²) in [7, 11) is 0. The first-order valence-corrected chi connectivity index (χ1v) is 4.31. The van der Waals surface area contributed by atoms with Crippen LogP contribution in [0.3, 0.4) is 0 Å². The molecule has 0 N–H and O–H groups in total. The molecule has 0 amide bonds. The molecule has 2 aliphatic carbocycles. The van der Waals surface area contributed by atoms with E-state index in [1.54, 1.807) is 0 Å². The Hall–Kier alpha value is -0.330. The van der Waals surface area contributed by atoms with E-state index >= 15 is 0 Å². The maximum atomic E-state index is 10.1. The number of hydrogen-bond donors (Lipinski definition) is 0. The quantitative estimate of drug-likeness (QED) is 0.546. The zero-order valence-corrected chi connectivity index (χ0v) is 6.31. The first kappa shape index (κ1) is 6.38. The number of aldehydes is 1. The summed E-state index contributed by atoms with van der Waals surface area (Å²) < 4.78 is 0. The molecule has 1 unspecified atom stereocenters. The van der Waals surface area contributed by atoms with Gasteiger partial charge in [-0.15, -0.1) is 0 Å². The van der Waals surface area contributed by atoms with Crippen molar-refractivity contribution in [3.05, 3.63) is 0 Å². The molecular formula is C9H14O. The summed E-state index contributed by atoms with van der Waals surface area (Å²) in [5.74, 6) is 0.937. The van der Waals surface area contributed by atoms with Crippen molar-refractivity contribution in [3.8, 4) is 0 Å². The largest absolute Gasteiger partial charge is 0.303 e. The molecule has 10 heavy (non-hydrogen) atoms. The molecule has 0 bridgehead atoms. The molecule has 2 rings (SSSR count). The molecule has 1 spiro atoms. The molecule has 2 saturated carbocycles. The van der Waals surface area contributed by atoms with Gasteiger partial charge in [-0.25, -0.2) is 0 Å². The fourth-order valence-electron chi connectivity index (χ4n) is 2.35. The minimum atomic E-state index is 0.781. The van der Waals surface area contributed by atoms with Crippen LogP contribution in [0.4, 0.5) is 0 Å². The van der Waals surface area contributed by atoms with Crippen molar-refractivity contribution < 1.29 is 4.79 Å². The van der Waals surface area contributed by atoms with Crippen molar-refractivity contribution in [1.29, 1.82) is 0 Å². The average Bonchev–Trinajstić information content (AvgIpc) is 2.56. The highest BCUT2D eigenvalue weighted by Crippen LogP contribution is 2.66. The molecule has 1 atom stereocenters. The Bertz CT molecular complexity index is 147. The fourth-order valence-corrected chi connectivity index (χ4v) is 2.35. The lowest BCUT2D eigenvalue weighted by atomic mass is 9.79. The smallest absolute Gasteiger partial charge is 0.120 e. The van der Waals surface area contributed by atoms with E-state index in [0.29, 0.717) is 0 Å². The van der Waals surface area contributed by atoms with E-state index in [1.807, 2.05) is 0 Å². The van der Waals surface area contributed by atoms with Gasteiger partial charge in [0.05, 0.1) is 0 Å². The zero-order chi connectivity index (χ0) is 7.03. The summed E-state index contributed by atoms with van der Waals surface area (Å²) >= 11 is 0. The van der Waals surface area contributed by atoms with Crippen molar-refractivity contribution in [2.45, 2.75) is 38.5 Å². The van der Waals surface area contributed by atoms with Crippen molar-refractivity contribution in [1.82, 2.24) is 0 Å². The minimum absolute atomic E-state index is 0.781. The molecule has 0 aromatic carbocycles. The minimum Gasteiger partial charge on any atom is -0.303 e. The highest BCUT2D eigenvalue weighted by atomic mass is 16.1. The second-order valence-corrected chi connectivity index (χ2v) is 3.86. The molecular weight excluding hydrogens is 124 g/mol. The Morgan fingerprint density at radius 1 is 1.50 bits per heavy atom. The monoisotopic (exact) mass is 138 g/mol.